The van der Waals surface area contributed by atoms with Gasteiger partial charge in [-0.15, -0.1) is 0 Å². The van der Waals surface area contributed by atoms with Crippen molar-refractivity contribution in [2.45, 2.75) is 18.9 Å². The van der Waals surface area contributed by atoms with Gasteiger partial charge in [0.05, 0.1) is 17.1 Å². The summed E-state index contributed by atoms with van der Waals surface area (Å²) in [7, 11) is 0. The monoisotopic (exact) mass is 392 g/mol. The molecule has 1 fully saturated rings. The Bertz CT molecular complexity index is 1130. The Morgan fingerprint density at radius 2 is 2.07 bits per heavy atom. The van der Waals surface area contributed by atoms with Crippen molar-refractivity contribution < 1.29 is 9.32 Å². The lowest BCUT2D eigenvalue weighted by Crippen LogP contribution is -2.31. The molecule has 3 heterocycles. The van der Waals surface area contributed by atoms with Gasteiger partial charge < -0.3 is 14.4 Å². The highest BCUT2D eigenvalue weighted by molar-refractivity contribution is 6.30. The predicted octanol–water partition coefficient (Wildman–Crippen LogP) is 4.85. The third-order valence-electron chi connectivity index (χ3n) is 5.08. The fourth-order valence-corrected chi connectivity index (χ4v) is 3.92. The summed E-state index contributed by atoms with van der Waals surface area (Å²) in [5.41, 5.74) is 2.95. The van der Waals surface area contributed by atoms with E-state index in [1.54, 1.807) is 18.2 Å². The number of hydrogen-bond acceptors (Lipinski definition) is 4. The van der Waals surface area contributed by atoms with Crippen LogP contribution in [0.5, 0.6) is 0 Å². The van der Waals surface area contributed by atoms with Gasteiger partial charge in [-0.25, -0.2) is 4.98 Å². The molecule has 2 aromatic heterocycles. The van der Waals surface area contributed by atoms with Crippen molar-refractivity contribution in [1.29, 1.82) is 0 Å². The molecule has 6 nitrogen and oxygen atoms in total. The van der Waals surface area contributed by atoms with Crippen molar-refractivity contribution in [3.63, 3.8) is 0 Å². The van der Waals surface area contributed by atoms with Crippen molar-refractivity contribution in [3.05, 3.63) is 71.1 Å². The fourth-order valence-electron chi connectivity index (χ4n) is 3.73. The Balaban J connectivity index is 1.43. The maximum atomic E-state index is 13.1. The molecular formula is C21H17ClN4O2. The molecule has 0 aliphatic carbocycles. The lowest BCUT2D eigenvalue weighted by Gasteiger charge is -2.21. The van der Waals surface area contributed by atoms with Crippen LogP contribution in [0.2, 0.25) is 5.02 Å². The maximum Gasteiger partial charge on any atom is 0.276 e. The van der Waals surface area contributed by atoms with Crippen molar-refractivity contribution in [1.82, 2.24) is 20.0 Å². The Kier molecular flexibility index (Phi) is 4.13. The third kappa shape index (κ3) is 2.96. The van der Waals surface area contributed by atoms with E-state index in [-0.39, 0.29) is 17.6 Å². The average Bonchev–Trinajstić information content (AvgIpc) is 3.45. The van der Waals surface area contributed by atoms with Crippen LogP contribution in [0, 0.1) is 0 Å². The Morgan fingerprint density at radius 3 is 2.93 bits per heavy atom. The van der Waals surface area contributed by atoms with Crippen LogP contribution < -0.4 is 0 Å². The van der Waals surface area contributed by atoms with E-state index in [1.807, 2.05) is 41.3 Å². The quantitative estimate of drug-likeness (QED) is 0.540. The van der Waals surface area contributed by atoms with Crippen LogP contribution in [0.1, 0.15) is 35.2 Å². The van der Waals surface area contributed by atoms with Gasteiger partial charge >= 0.3 is 0 Å². The van der Waals surface area contributed by atoms with E-state index in [2.05, 4.69) is 15.1 Å². The predicted molar refractivity (Wildman–Crippen MR) is 106 cm³/mol. The number of hydrogen-bond donors (Lipinski definition) is 1. The molecule has 0 radical (unpaired) electrons. The van der Waals surface area contributed by atoms with Crippen molar-refractivity contribution >= 4 is 28.5 Å². The molecule has 4 aromatic rings. The molecule has 1 aliphatic rings. The van der Waals surface area contributed by atoms with Gasteiger partial charge in [0.1, 0.15) is 5.82 Å². The minimum Gasteiger partial charge on any atom is -0.355 e. The molecule has 1 unspecified atom stereocenters. The first kappa shape index (κ1) is 17.0. The van der Waals surface area contributed by atoms with Crippen LogP contribution >= 0.6 is 11.6 Å². The minimum absolute atomic E-state index is 0.0915. The van der Waals surface area contributed by atoms with E-state index in [0.29, 0.717) is 17.3 Å². The van der Waals surface area contributed by atoms with Gasteiger partial charge in [0.25, 0.3) is 5.91 Å². The number of aromatic nitrogens is 3. The summed E-state index contributed by atoms with van der Waals surface area (Å²) in [5.74, 6) is 1.18. The van der Waals surface area contributed by atoms with Crippen LogP contribution in [-0.4, -0.2) is 32.5 Å². The molecule has 1 N–H and O–H groups in total. The van der Waals surface area contributed by atoms with E-state index in [9.17, 15) is 4.79 Å². The summed E-state index contributed by atoms with van der Waals surface area (Å²) < 4.78 is 5.40. The zero-order valence-corrected chi connectivity index (χ0v) is 15.7. The summed E-state index contributed by atoms with van der Waals surface area (Å²) >= 11 is 6.04. The molecule has 1 amide bonds. The number of amides is 1. The van der Waals surface area contributed by atoms with Crippen LogP contribution in [0.4, 0.5) is 0 Å². The highest BCUT2D eigenvalue weighted by atomic mass is 35.5. The van der Waals surface area contributed by atoms with E-state index in [4.69, 9.17) is 16.1 Å². The second-order valence-corrected chi connectivity index (χ2v) is 7.32. The van der Waals surface area contributed by atoms with Gasteiger partial charge in [0.2, 0.25) is 0 Å². The number of nitrogens with one attached hydrogen (secondary N) is 1. The first-order chi connectivity index (χ1) is 13.7. The van der Waals surface area contributed by atoms with E-state index >= 15 is 0 Å². The standard InChI is InChI=1S/C21H17ClN4O2/c22-14-6-3-5-13(11-14)19-12-17(25-28-19)21(27)26-10-4-9-18(26)20-23-15-7-1-2-8-16(15)24-20/h1-3,5-8,11-12,18H,4,9-10H2,(H,23,24). The number of carbonyl (C=O) groups is 1. The molecule has 1 atom stereocenters. The van der Waals surface area contributed by atoms with Gasteiger partial charge in [0.15, 0.2) is 11.5 Å². The zero-order chi connectivity index (χ0) is 19.1. The topological polar surface area (TPSA) is 75.0 Å². The van der Waals surface area contributed by atoms with Crippen LogP contribution in [0.3, 0.4) is 0 Å². The Morgan fingerprint density at radius 1 is 1.18 bits per heavy atom. The van der Waals surface area contributed by atoms with Gasteiger partial charge in [-0.3, -0.25) is 4.79 Å². The SMILES string of the molecule is O=C(c1cc(-c2cccc(Cl)c2)on1)N1CCCC1c1nc2ccccc2[nH]1. The second-order valence-electron chi connectivity index (χ2n) is 6.88. The number of halogens is 1. The van der Waals surface area contributed by atoms with Gasteiger partial charge in [-0.1, -0.05) is 41.0 Å². The number of likely N-dealkylation sites (tertiary alicyclic amines) is 1. The minimum atomic E-state index is -0.153. The van der Waals surface area contributed by atoms with Crippen LogP contribution in [0.15, 0.2) is 59.1 Å². The van der Waals surface area contributed by atoms with Gasteiger partial charge in [0, 0.05) is 23.2 Å². The normalized spacial score (nSPS) is 16.8. The number of benzene rings is 2. The molecule has 140 valence electrons. The number of para-hydroxylation sites is 2. The third-order valence-corrected chi connectivity index (χ3v) is 5.31. The number of H-pyrrole nitrogens is 1. The van der Waals surface area contributed by atoms with Crippen molar-refractivity contribution in [2.75, 3.05) is 6.54 Å². The summed E-state index contributed by atoms with van der Waals surface area (Å²) in [6.07, 6.45) is 1.79. The molecule has 1 aliphatic heterocycles. The molecule has 2 aromatic carbocycles. The lowest BCUT2D eigenvalue weighted by atomic mass is 10.1. The van der Waals surface area contributed by atoms with E-state index in [1.165, 1.54) is 0 Å². The molecule has 7 heteroatoms. The van der Waals surface area contributed by atoms with Crippen molar-refractivity contribution in [3.8, 4) is 11.3 Å². The van der Waals surface area contributed by atoms with E-state index < -0.39 is 0 Å². The molecular weight excluding hydrogens is 376 g/mol. The van der Waals surface area contributed by atoms with Crippen LogP contribution in [-0.2, 0) is 0 Å². The highest BCUT2D eigenvalue weighted by Gasteiger charge is 2.34. The molecule has 0 bridgehead atoms. The largest absolute Gasteiger partial charge is 0.355 e. The Labute approximate surface area is 166 Å². The summed E-state index contributed by atoms with van der Waals surface area (Å²) in [5, 5.41) is 4.60. The number of nitrogens with zero attached hydrogens (tertiary/aromatic N) is 3. The number of fused-ring (bicyclic) bond motifs is 1. The average molecular weight is 393 g/mol. The van der Waals surface area contributed by atoms with Gasteiger partial charge in [-0.05, 0) is 37.1 Å². The number of carbonyl (C=O) groups excluding carboxylic acids is 1. The smallest absolute Gasteiger partial charge is 0.276 e. The van der Waals surface area contributed by atoms with Crippen molar-refractivity contribution in [2.24, 2.45) is 0 Å². The van der Waals surface area contributed by atoms with Gasteiger partial charge in [-0.2, -0.15) is 0 Å². The summed E-state index contributed by atoms with van der Waals surface area (Å²) in [6.45, 7) is 0.667. The molecule has 5 rings (SSSR count). The first-order valence-electron chi connectivity index (χ1n) is 9.17. The molecule has 0 saturated carbocycles. The number of imidazole rings is 1. The molecule has 0 spiro atoms. The number of aromatic amines is 1. The Hall–Kier alpha value is -3.12. The molecule has 1 saturated heterocycles. The molecule has 28 heavy (non-hydrogen) atoms. The summed E-state index contributed by atoms with van der Waals surface area (Å²) in [4.78, 5) is 22.9. The maximum absolute atomic E-state index is 13.1. The zero-order valence-electron chi connectivity index (χ0n) is 14.9. The number of rotatable bonds is 3. The first-order valence-corrected chi connectivity index (χ1v) is 9.55. The fraction of sp³-hybridized carbons (Fsp3) is 0.190. The lowest BCUT2D eigenvalue weighted by molar-refractivity contribution is 0.0720. The van der Waals surface area contributed by atoms with Crippen LogP contribution in [0.25, 0.3) is 22.4 Å². The summed E-state index contributed by atoms with van der Waals surface area (Å²) in [6, 6.07) is 16.7. The van der Waals surface area contributed by atoms with E-state index in [0.717, 1.165) is 35.3 Å². The highest BCUT2D eigenvalue weighted by Crippen LogP contribution is 2.33. The second kappa shape index (κ2) is 6.80.